The summed E-state index contributed by atoms with van der Waals surface area (Å²) in [6.45, 7) is -0.0544. The maximum absolute atomic E-state index is 13.3. The fraction of sp³-hybridized carbons (Fsp3) is 0.182. The first-order valence-corrected chi connectivity index (χ1v) is 11.7. The van der Waals surface area contributed by atoms with Crippen LogP contribution in [0.2, 0.25) is 10.0 Å². The lowest BCUT2D eigenvalue weighted by Crippen LogP contribution is -2.41. The normalized spacial score (nSPS) is 11.5. The number of benzene rings is 2. The molecule has 2 aromatic carbocycles. The molecule has 1 aromatic heterocycles. The van der Waals surface area contributed by atoms with E-state index in [2.05, 4.69) is 10.3 Å². The van der Waals surface area contributed by atoms with Crippen LogP contribution in [0.1, 0.15) is 11.3 Å². The molecule has 0 saturated heterocycles. The van der Waals surface area contributed by atoms with Crippen molar-refractivity contribution in [1.29, 1.82) is 0 Å². The van der Waals surface area contributed by atoms with Crippen molar-refractivity contribution in [1.82, 2.24) is 14.6 Å². The molecule has 0 atom stereocenters. The second-order valence-corrected chi connectivity index (χ2v) is 9.50. The Labute approximate surface area is 191 Å². The van der Waals surface area contributed by atoms with Gasteiger partial charge in [-0.1, -0.05) is 59.6 Å². The van der Waals surface area contributed by atoms with Crippen LogP contribution in [0, 0.1) is 0 Å². The average Bonchev–Trinajstić information content (AvgIpc) is 2.78. The lowest BCUT2D eigenvalue weighted by atomic mass is 10.1. The fourth-order valence-electron chi connectivity index (χ4n) is 2.90. The SMILES string of the molecule is O=C(CN(CCc1ccccc1)S(=O)(=O)c1cc(Cl)ccc1Cl)NCc1ccccn1. The van der Waals surface area contributed by atoms with Gasteiger partial charge in [0.05, 0.1) is 23.8 Å². The highest BCUT2D eigenvalue weighted by Gasteiger charge is 2.28. The highest BCUT2D eigenvalue weighted by molar-refractivity contribution is 7.89. The van der Waals surface area contributed by atoms with E-state index in [1.54, 1.807) is 18.3 Å². The number of sulfonamides is 1. The molecule has 0 aliphatic rings. The summed E-state index contributed by atoms with van der Waals surface area (Å²) < 4.78 is 27.8. The van der Waals surface area contributed by atoms with E-state index in [0.717, 1.165) is 9.87 Å². The molecule has 1 amide bonds. The van der Waals surface area contributed by atoms with E-state index in [4.69, 9.17) is 23.2 Å². The molecule has 3 rings (SSSR count). The van der Waals surface area contributed by atoms with Crippen LogP contribution in [0.5, 0.6) is 0 Å². The highest BCUT2D eigenvalue weighted by Crippen LogP contribution is 2.28. The first-order valence-electron chi connectivity index (χ1n) is 9.52. The van der Waals surface area contributed by atoms with Gasteiger partial charge in [-0.15, -0.1) is 0 Å². The van der Waals surface area contributed by atoms with E-state index >= 15 is 0 Å². The van der Waals surface area contributed by atoms with Gasteiger partial charge in [0.2, 0.25) is 15.9 Å². The van der Waals surface area contributed by atoms with E-state index in [-0.39, 0.29) is 34.6 Å². The molecule has 9 heteroatoms. The predicted octanol–water partition coefficient (Wildman–Crippen LogP) is 3.94. The van der Waals surface area contributed by atoms with Gasteiger partial charge in [0.1, 0.15) is 4.90 Å². The molecule has 0 unspecified atom stereocenters. The van der Waals surface area contributed by atoms with Crippen LogP contribution in [0.4, 0.5) is 0 Å². The molecule has 0 radical (unpaired) electrons. The standard InChI is InChI=1S/C22H21Cl2N3O3S/c23-18-9-10-20(24)21(14-18)31(29,30)27(13-11-17-6-2-1-3-7-17)16-22(28)26-15-19-8-4-5-12-25-19/h1-10,12,14H,11,13,15-16H2,(H,26,28). The van der Waals surface area contributed by atoms with Gasteiger partial charge in [-0.25, -0.2) is 8.42 Å². The van der Waals surface area contributed by atoms with Crippen LogP contribution in [-0.2, 0) is 27.8 Å². The minimum atomic E-state index is -4.06. The quantitative estimate of drug-likeness (QED) is 0.506. The van der Waals surface area contributed by atoms with Crippen molar-refractivity contribution in [3.05, 3.63) is 94.2 Å². The molecule has 6 nitrogen and oxygen atoms in total. The lowest BCUT2D eigenvalue weighted by molar-refractivity contribution is -0.121. The number of carbonyl (C=O) groups excluding carboxylic acids is 1. The van der Waals surface area contributed by atoms with Gasteiger partial charge in [-0.05, 0) is 42.3 Å². The molecule has 0 spiro atoms. The predicted molar refractivity (Wildman–Crippen MR) is 121 cm³/mol. The van der Waals surface area contributed by atoms with E-state index in [1.807, 2.05) is 36.4 Å². The van der Waals surface area contributed by atoms with Gasteiger partial charge in [-0.3, -0.25) is 9.78 Å². The van der Waals surface area contributed by atoms with Crippen molar-refractivity contribution in [2.24, 2.45) is 0 Å². The Morgan fingerprint density at radius 2 is 1.74 bits per heavy atom. The molecule has 0 fully saturated rings. The third kappa shape index (κ3) is 6.51. The van der Waals surface area contributed by atoms with Crippen LogP contribution in [0.15, 0.2) is 77.8 Å². The Kier molecular flexibility index (Phi) is 8.03. The number of pyridine rings is 1. The smallest absolute Gasteiger partial charge is 0.245 e. The maximum atomic E-state index is 13.3. The number of rotatable bonds is 9. The first kappa shape index (κ1) is 23.2. The summed E-state index contributed by atoms with van der Waals surface area (Å²) in [7, 11) is -4.06. The third-order valence-corrected chi connectivity index (χ3v) is 7.08. The molecule has 0 saturated carbocycles. The Bertz CT molecular complexity index is 1130. The Hall–Kier alpha value is -2.45. The molecular weight excluding hydrogens is 457 g/mol. The second-order valence-electron chi connectivity index (χ2n) is 6.75. The molecule has 3 aromatic rings. The van der Waals surface area contributed by atoms with Crippen molar-refractivity contribution in [3.63, 3.8) is 0 Å². The number of halogens is 2. The summed E-state index contributed by atoms with van der Waals surface area (Å²) in [4.78, 5) is 16.6. The van der Waals surface area contributed by atoms with E-state index in [9.17, 15) is 13.2 Å². The number of amides is 1. The molecule has 0 bridgehead atoms. The van der Waals surface area contributed by atoms with Crippen LogP contribution in [-0.4, -0.2) is 36.7 Å². The van der Waals surface area contributed by atoms with Crippen LogP contribution in [0.3, 0.4) is 0 Å². The van der Waals surface area contributed by atoms with Gasteiger partial charge >= 0.3 is 0 Å². The van der Waals surface area contributed by atoms with Crippen molar-refractivity contribution in [2.75, 3.05) is 13.1 Å². The molecule has 1 heterocycles. The highest BCUT2D eigenvalue weighted by atomic mass is 35.5. The molecule has 1 N–H and O–H groups in total. The summed E-state index contributed by atoms with van der Waals surface area (Å²) in [5.41, 5.74) is 1.63. The van der Waals surface area contributed by atoms with Gasteiger partial charge in [0.25, 0.3) is 0 Å². The Morgan fingerprint density at radius 3 is 2.45 bits per heavy atom. The summed E-state index contributed by atoms with van der Waals surface area (Å²) in [6.07, 6.45) is 2.06. The molecule has 31 heavy (non-hydrogen) atoms. The van der Waals surface area contributed by atoms with Gasteiger partial charge in [0, 0.05) is 17.8 Å². The topological polar surface area (TPSA) is 79.4 Å². The Balaban J connectivity index is 1.79. The maximum Gasteiger partial charge on any atom is 0.245 e. The van der Waals surface area contributed by atoms with Gasteiger partial charge in [-0.2, -0.15) is 4.31 Å². The van der Waals surface area contributed by atoms with E-state index < -0.39 is 15.9 Å². The molecule has 162 valence electrons. The number of aromatic nitrogens is 1. The fourth-order valence-corrected chi connectivity index (χ4v) is 5.04. The molecule has 0 aliphatic carbocycles. The number of hydrogen-bond acceptors (Lipinski definition) is 4. The number of nitrogens with one attached hydrogen (secondary N) is 1. The van der Waals surface area contributed by atoms with Crippen LogP contribution < -0.4 is 5.32 Å². The van der Waals surface area contributed by atoms with Gasteiger partial charge < -0.3 is 5.32 Å². The Morgan fingerprint density at radius 1 is 1.00 bits per heavy atom. The number of carbonyl (C=O) groups is 1. The minimum Gasteiger partial charge on any atom is -0.349 e. The second kappa shape index (κ2) is 10.7. The summed E-state index contributed by atoms with van der Waals surface area (Å²) in [6, 6.07) is 19.0. The average molecular weight is 478 g/mol. The zero-order chi connectivity index (χ0) is 22.3. The first-order chi connectivity index (χ1) is 14.9. The van der Waals surface area contributed by atoms with Gasteiger partial charge in [0.15, 0.2) is 0 Å². The van der Waals surface area contributed by atoms with Crippen molar-refractivity contribution < 1.29 is 13.2 Å². The summed E-state index contributed by atoms with van der Waals surface area (Å²) >= 11 is 12.1. The zero-order valence-corrected chi connectivity index (χ0v) is 18.9. The van der Waals surface area contributed by atoms with E-state index in [1.165, 1.54) is 18.2 Å². The molecule has 0 aliphatic heterocycles. The largest absolute Gasteiger partial charge is 0.349 e. The minimum absolute atomic E-state index is 0.0444. The number of nitrogens with zero attached hydrogens (tertiary/aromatic N) is 2. The summed E-state index contributed by atoms with van der Waals surface area (Å²) in [5, 5.41) is 3.00. The monoisotopic (exact) mass is 477 g/mol. The number of hydrogen-bond donors (Lipinski definition) is 1. The third-order valence-electron chi connectivity index (χ3n) is 4.52. The van der Waals surface area contributed by atoms with Crippen molar-refractivity contribution >= 4 is 39.1 Å². The zero-order valence-electron chi connectivity index (χ0n) is 16.5. The lowest BCUT2D eigenvalue weighted by Gasteiger charge is -2.22. The summed E-state index contributed by atoms with van der Waals surface area (Å²) in [5.74, 6) is -0.444. The van der Waals surface area contributed by atoms with E-state index in [0.29, 0.717) is 12.1 Å². The van der Waals surface area contributed by atoms with Crippen molar-refractivity contribution in [3.8, 4) is 0 Å². The van der Waals surface area contributed by atoms with Crippen LogP contribution >= 0.6 is 23.2 Å². The van der Waals surface area contributed by atoms with Crippen LogP contribution in [0.25, 0.3) is 0 Å². The van der Waals surface area contributed by atoms with Crippen molar-refractivity contribution in [2.45, 2.75) is 17.9 Å². The molecular formula is C22H21Cl2N3O3S.